The number of fused-ring (bicyclic) bond motifs is 1. The summed E-state index contributed by atoms with van der Waals surface area (Å²) >= 11 is 0. The first-order valence-electron chi connectivity index (χ1n) is 4.91. The topological polar surface area (TPSA) is 66.8 Å². The SMILES string of the molecule is O=C1OCC(=O)N(CCO)c2ccccc21. The number of carbonyl (C=O) groups is 2. The second-order valence-electron chi connectivity index (χ2n) is 3.36. The van der Waals surface area contributed by atoms with E-state index in [4.69, 9.17) is 9.84 Å². The molecule has 1 aromatic rings. The predicted octanol–water partition coefficient (Wildman–Crippen LogP) is 0.182. The van der Waals surface area contributed by atoms with E-state index >= 15 is 0 Å². The Kier molecular flexibility index (Phi) is 2.87. The van der Waals surface area contributed by atoms with Crippen LogP contribution in [0, 0.1) is 0 Å². The minimum atomic E-state index is -0.510. The van der Waals surface area contributed by atoms with Crippen LogP contribution in [-0.2, 0) is 9.53 Å². The van der Waals surface area contributed by atoms with Gasteiger partial charge in [0, 0.05) is 6.54 Å². The van der Waals surface area contributed by atoms with Crippen LogP contribution in [0.3, 0.4) is 0 Å². The maximum absolute atomic E-state index is 11.7. The average Bonchev–Trinajstić information content (AvgIpc) is 2.42. The first-order valence-corrected chi connectivity index (χ1v) is 4.91. The number of hydrogen-bond donors (Lipinski definition) is 1. The van der Waals surface area contributed by atoms with Crippen molar-refractivity contribution in [2.75, 3.05) is 24.7 Å². The summed E-state index contributed by atoms with van der Waals surface area (Å²) in [7, 11) is 0. The Labute approximate surface area is 92.2 Å². The minimum Gasteiger partial charge on any atom is -0.452 e. The zero-order chi connectivity index (χ0) is 11.5. The summed E-state index contributed by atoms with van der Waals surface area (Å²) in [6.07, 6.45) is 0. The number of esters is 1. The smallest absolute Gasteiger partial charge is 0.340 e. The minimum absolute atomic E-state index is 0.158. The van der Waals surface area contributed by atoms with Gasteiger partial charge in [0.25, 0.3) is 5.91 Å². The van der Waals surface area contributed by atoms with Gasteiger partial charge in [0.1, 0.15) is 0 Å². The van der Waals surface area contributed by atoms with Gasteiger partial charge in [-0.3, -0.25) is 4.79 Å². The van der Waals surface area contributed by atoms with Crippen LogP contribution < -0.4 is 4.90 Å². The van der Waals surface area contributed by atoms with Gasteiger partial charge in [0.05, 0.1) is 17.9 Å². The molecule has 0 unspecified atom stereocenters. The van der Waals surface area contributed by atoms with Gasteiger partial charge in [-0.1, -0.05) is 12.1 Å². The molecule has 1 aliphatic rings. The largest absolute Gasteiger partial charge is 0.452 e. The molecule has 0 spiro atoms. The van der Waals surface area contributed by atoms with Gasteiger partial charge in [-0.05, 0) is 12.1 Å². The van der Waals surface area contributed by atoms with Crippen LogP contribution in [0.25, 0.3) is 0 Å². The van der Waals surface area contributed by atoms with E-state index in [1.54, 1.807) is 24.3 Å². The Hall–Kier alpha value is -1.88. The van der Waals surface area contributed by atoms with E-state index < -0.39 is 5.97 Å². The summed E-state index contributed by atoms with van der Waals surface area (Å²) in [5, 5.41) is 8.90. The quantitative estimate of drug-likeness (QED) is 0.723. The molecule has 0 radical (unpaired) electrons. The predicted molar refractivity (Wildman–Crippen MR) is 56.2 cm³/mol. The Balaban J connectivity index is 2.48. The third-order valence-electron chi connectivity index (χ3n) is 2.37. The molecule has 0 saturated heterocycles. The van der Waals surface area contributed by atoms with Crippen molar-refractivity contribution in [2.24, 2.45) is 0 Å². The molecule has 5 nitrogen and oxygen atoms in total. The molecule has 1 amide bonds. The molecule has 1 N–H and O–H groups in total. The summed E-state index contributed by atoms with van der Waals surface area (Å²) in [6.45, 7) is -0.283. The number of hydrogen-bond acceptors (Lipinski definition) is 4. The van der Waals surface area contributed by atoms with Gasteiger partial charge in [0.2, 0.25) is 0 Å². The van der Waals surface area contributed by atoms with Gasteiger partial charge >= 0.3 is 5.97 Å². The molecule has 0 fully saturated rings. The van der Waals surface area contributed by atoms with Crippen LogP contribution in [0.1, 0.15) is 10.4 Å². The molecule has 0 aliphatic carbocycles. The van der Waals surface area contributed by atoms with Crippen molar-refractivity contribution in [1.29, 1.82) is 0 Å². The number of carbonyl (C=O) groups excluding carboxylic acids is 2. The molecule has 0 aromatic heterocycles. The summed E-state index contributed by atoms with van der Waals surface area (Å²) in [6, 6.07) is 6.69. The van der Waals surface area contributed by atoms with Gasteiger partial charge in [0.15, 0.2) is 6.61 Å². The van der Waals surface area contributed by atoms with Crippen LogP contribution in [0.4, 0.5) is 5.69 Å². The molecule has 1 heterocycles. The number of β-amino-alcohol motifs (C(OH)–C–C–N with tert-alkyl or cyclic N) is 1. The Bertz CT molecular complexity index is 430. The fourth-order valence-electron chi connectivity index (χ4n) is 1.64. The Morgan fingerprint density at radius 3 is 2.81 bits per heavy atom. The number of benzene rings is 1. The number of cyclic esters (lactones) is 1. The van der Waals surface area contributed by atoms with Crippen LogP contribution in [-0.4, -0.2) is 36.7 Å². The first kappa shape index (κ1) is 10.6. The monoisotopic (exact) mass is 221 g/mol. The zero-order valence-electron chi connectivity index (χ0n) is 8.55. The number of nitrogens with zero attached hydrogens (tertiary/aromatic N) is 1. The van der Waals surface area contributed by atoms with Crippen molar-refractivity contribution < 1.29 is 19.4 Å². The van der Waals surface area contributed by atoms with E-state index in [9.17, 15) is 9.59 Å². The van der Waals surface area contributed by atoms with Gasteiger partial charge in [-0.15, -0.1) is 0 Å². The molecule has 84 valence electrons. The number of amides is 1. The standard InChI is InChI=1S/C11H11NO4/c13-6-5-12-9-4-2-1-3-8(9)11(15)16-7-10(12)14/h1-4,13H,5-7H2. The van der Waals surface area contributed by atoms with E-state index in [1.165, 1.54) is 4.90 Å². The fraction of sp³-hybridized carbons (Fsp3) is 0.273. The molecule has 0 saturated carbocycles. The molecule has 5 heteroatoms. The van der Waals surface area contributed by atoms with Crippen molar-refractivity contribution in [3.63, 3.8) is 0 Å². The lowest BCUT2D eigenvalue weighted by Gasteiger charge is -2.19. The van der Waals surface area contributed by atoms with Crippen molar-refractivity contribution in [1.82, 2.24) is 0 Å². The van der Waals surface area contributed by atoms with E-state index in [2.05, 4.69) is 0 Å². The molecule has 1 aromatic carbocycles. The van der Waals surface area contributed by atoms with E-state index in [1.807, 2.05) is 0 Å². The lowest BCUT2D eigenvalue weighted by molar-refractivity contribution is -0.121. The molecule has 2 rings (SSSR count). The molecule has 0 bridgehead atoms. The van der Waals surface area contributed by atoms with Crippen LogP contribution in [0.5, 0.6) is 0 Å². The van der Waals surface area contributed by atoms with Gasteiger partial charge < -0.3 is 14.7 Å². The van der Waals surface area contributed by atoms with Crippen LogP contribution in [0.2, 0.25) is 0 Å². The second kappa shape index (κ2) is 4.32. The van der Waals surface area contributed by atoms with Crippen molar-refractivity contribution in [2.45, 2.75) is 0 Å². The molecule has 0 atom stereocenters. The lowest BCUT2D eigenvalue weighted by atomic mass is 10.1. The van der Waals surface area contributed by atoms with Crippen molar-refractivity contribution in [3.05, 3.63) is 29.8 Å². The highest BCUT2D eigenvalue weighted by atomic mass is 16.5. The van der Waals surface area contributed by atoms with Crippen molar-refractivity contribution >= 4 is 17.6 Å². The molecular weight excluding hydrogens is 210 g/mol. The average molecular weight is 221 g/mol. The zero-order valence-corrected chi connectivity index (χ0v) is 8.55. The number of aliphatic hydroxyl groups excluding tert-OH is 1. The number of aliphatic hydroxyl groups is 1. The Morgan fingerprint density at radius 2 is 2.06 bits per heavy atom. The maximum atomic E-state index is 11.7. The highest BCUT2D eigenvalue weighted by Crippen LogP contribution is 2.23. The van der Waals surface area contributed by atoms with Crippen molar-refractivity contribution in [3.8, 4) is 0 Å². The van der Waals surface area contributed by atoms with Crippen LogP contribution >= 0.6 is 0 Å². The van der Waals surface area contributed by atoms with Crippen LogP contribution in [0.15, 0.2) is 24.3 Å². The van der Waals surface area contributed by atoms with E-state index in [-0.39, 0.29) is 25.7 Å². The summed E-state index contributed by atoms with van der Waals surface area (Å²) in [4.78, 5) is 24.5. The Morgan fingerprint density at radius 1 is 1.31 bits per heavy atom. The first-order chi connectivity index (χ1) is 7.74. The highest BCUT2D eigenvalue weighted by molar-refractivity contribution is 6.06. The lowest BCUT2D eigenvalue weighted by Crippen LogP contribution is -2.35. The summed E-state index contributed by atoms with van der Waals surface area (Å²) in [5.74, 6) is -0.836. The second-order valence-corrected chi connectivity index (χ2v) is 3.36. The normalized spacial score (nSPS) is 15.4. The number of ether oxygens (including phenoxy) is 1. The van der Waals surface area contributed by atoms with E-state index in [0.29, 0.717) is 11.3 Å². The molecule has 16 heavy (non-hydrogen) atoms. The number of para-hydroxylation sites is 1. The fourth-order valence-corrected chi connectivity index (χ4v) is 1.64. The van der Waals surface area contributed by atoms with Gasteiger partial charge in [-0.2, -0.15) is 0 Å². The molecule has 1 aliphatic heterocycles. The van der Waals surface area contributed by atoms with Gasteiger partial charge in [-0.25, -0.2) is 4.79 Å². The summed E-state index contributed by atoms with van der Waals surface area (Å²) < 4.78 is 4.81. The highest BCUT2D eigenvalue weighted by Gasteiger charge is 2.26. The third kappa shape index (κ3) is 1.77. The summed E-state index contributed by atoms with van der Waals surface area (Å²) in [5.41, 5.74) is 0.839. The van der Waals surface area contributed by atoms with E-state index in [0.717, 1.165) is 0 Å². The molecular formula is C11H11NO4. The third-order valence-corrected chi connectivity index (χ3v) is 2.37. The number of anilines is 1. The maximum Gasteiger partial charge on any atom is 0.340 e. The number of rotatable bonds is 2.